The molecular weight excluding hydrogens is 311 g/mol. The maximum absolute atomic E-state index is 9.08. The molecule has 0 aromatic heterocycles. The van der Waals surface area contributed by atoms with Gasteiger partial charge in [-0.1, -0.05) is 15.9 Å². The fraction of sp³-hybridized carbons (Fsp3) is 0. The first kappa shape index (κ1) is 8.13. The highest BCUT2D eigenvalue weighted by atomic mass is 127. The topological polar surface area (TPSA) is 29.5 Å². The first-order chi connectivity index (χ1) is 4.74. The van der Waals surface area contributed by atoms with Gasteiger partial charge in [-0.25, -0.2) is 0 Å². The standard InChI is InChI=1S/C6H4BrIO2/c7-4-1-2-5(9)6(3-4)10-8/h1-3,9H. The van der Waals surface area contributed by atoms with Gasteiger partial charge in [0.1, 0.15) is 0 Å². The molecule has 1 aromatic rings. The van der Waals surface area contributed by atoms with Crippen molar-refractivity contribution in [2.45, 2.75) is 0 Å². The van der Waals surface area contributed by atoms with Crippen LogP contribution < -0.4 is 3.07 Å². The van der Waals surface area contributed by atoms with Crippen LogP contribution in [-0.2, 0) is 0 Å². The van der Waals surface area contributed by atoms with Crippen molar-refractivity contribution >= 4 is 38.9 Å². The predicted molar refractivity (Wildman–Crippen MR) is 50.5 cm³/mol. The zero-order chi connectivity index (χ0) is 7.56. The second kappa shape index (κ2) is 3.43. The number of hydrogen-bond donors (Lipinski definition) is 1. The Balaban J connectivity index is 3.09. The van der Waals surface area contributed by atoms with Crippen LogP contribution in [0.3, 0.4) is 0 Å². The lowest BCUT2D eigenvalue weighted by molar-refractivity contribution is 0.456. The molecule has 54 valence electrons. The van der Waals surface area contributed by atoms with Crippen molar-refractivity contribution in [1.82, 2.24) is 0 Å². The van der Waals surface area contributed by atoms with Crippen molar-refractivity contribution in [1.29, 1.82) is 0 Å². The molecule has 0 bridgehead atoms. The highest BCUT2D eigenvalue weighted by molar-refractivity contribution is 14.1. The zero-order valence-corrected chi connectivity index (χ0v) is 8.59. The zero-order valence-electron chi connectivity index (χ0n) is 4.84. The van der Waals surface area contributed by atoms with Gasteiger partial charge in [-0.3, -0.25) is 0 Å². The molecular formula is C6H4BrIO2. The monoisotopic (exact) mass is 314 g/mol. The van der Waals surface area contributed by atoms with E-state index < -0.39 is 0 Å². The summed E-state index contributed by atoms with van der Waals surface area (Å²) in [6.45, 7) is 0. The van der Waals surface area contributed by atoms with Gasteiger partial charge in [0, 0.05) is 4.47 Å². The lowest BCUT2D eigenvalue weighted by Crippen LogP contribution is -1.74. The van der Waals surface area contributed by atoms with Crippen molar-refractivity contribution in [3.8, 4) is 11.5 Å². The van der Waals surface area contributed by atoms with Crippen LogP contribution >= 0.6 is 38.9 Å². The first-order valence-electron chi connectivity index (χ1n) is 2.51. The number of benzene rings is 1. The molecule has 0 radical (unpaired) electrons. The van der Waals surface area contributed by atoms with Crippen LogP contribution in [0.25, 0.3) is 0 Å². The van der Waals surface area contributed by atoms with Gasteiger partial charge in [0.25, 0.3) is 0 Å². The van der Waals surface area contributed by atoms with E-state index in [0.717, 1.165) is 4.47 Å². The Morgan fingerprint density at radius 2 is 2.20 bits per heavy atom. The molecule has 10 heavy (non-hydrogen) atoms. The summed E-state index contributed by atoms with van der Waals surface area (Å²) in [7, 11) is 0. The van der Waals surface area contributed by atoms with Gasteiger partial charge in [0.2, 0.25) is 0 Å². The fourth-order valence-electron chi connectivity index (χ4n) is 0.550. The SMILES string of the molecule is Oc1ccc(Br)cc1OI. The molecule has 0 spiro atoms. The molecule has 0 aliphatic carbocycles. The average molecular weight is 315 g/mol. The van der Waals surface area contributed by atoms with Crippen LogP contribution in [0.5, 0.6) is 11.5 Å². The Hall–Kier alpha value is 0.0300. The van der Waals surface area contributed by atoms with Crippen LogP contribution in [0.15, 0.2) is 22.7 Å². The van der Waals surface area contributed by atoms with Crippen LogP contribution in [0.2, 0.25) is 0 Å². The molecule has 1 rings (SSSR count). The third kappa shape index (κ3) is 1.76. The summed E-state index contributed by atoms with van der Waals surface area (Å²) in [5.41, 5.74) is 0. The van der Waals surface area contributed by atoms with Gasteiger partial charge >= 0.3 is 0 Å². The van der Waals surface area contributed by atoms with Gasteiger partial charge in [-0.15, -0.1) is 0 Å². The lowest BCUT2D eigenvalue weighted by atomic mass is 10.3. The van der Waals surface area contributed by atoms with Gasteiger partial charge < -0.3 is 8.17 Å². The summed E-state index contributed by atoms with van der Waals surface area (Å²) in [6.07, 6.45) is 0. The lowest BCUT2D eigenvalue weighted by Gasteiger charge is -1.99. The summed E-state index contributed by atoms with van der Waals surface area (Å²) in [6, 6.07) is 5.01. The Morgan fingerprint density at radius 3 is 2.70 bits per heavy atom. The van der Waals surface area contributed by atoms with Crippen molar-refractivity contribution in [3.63, 3.8) is 0 Å². The van der Waals surface area contributed by atoms with E-state index in [9.17, 15) is 0 Å². The van der Waals surface area contributed by atoms with E-state index >= 15 is 0 Å². The molecule has 4 heteroatoms. The summed E-state index contributed by atoms with van der Waals surface area (Å²) in [5.74, 6) is 0.618. The number of rotatable bonds is 1. The van der Waals surface area contributed by atoms with E-state index in [1.54, 1.807) is 41.2 Å². The normalized spacial score (nSPS) is 9.40. The molecule has 0 amide bonds. The van der Waals surface area contributed by atoms with Gasteiger partial charge in [0.15, 0.2) is 34.5 Å². The fourth-order valence-corrected chi connectivity index (χ4v) is 1.24. The first-order valence-corrected chi connectivity index (χ1v) is 4.18. The molecule has 0 atom stereocenters. The minimum absolute atomic E-state index is 0.151. The second-order valence-corrected chi connectivity index (χ2v) is 3.05. The molecule has 1 N–H and O–H groups in total. The van der Waals surface area contributed by atoms with Crippen LogP contribution in [0.4, 0.5) is 0 Å². The smallest absolute Gasteiger partial charge is 0.192 e. The number of hydrogen-bond acceptors (Lipinski definition) is 2. The van der Waals surface area contributed by atoms with Crippen molar-refractivity contribution in [2.24, 2.45) is 0 Å². The van der Waals surface area contributed by atoms with Gasteiger partial charge in [0.05, 0.1) is 0 Å². The third-order valence-electron chi connectivity index (χ3n) is 1.00. The van der Waals surface area contributed by atoms with Gasteiger partial charge in [-0.2, -0.15) is 0 Å². The van der Waals surface area contributed by atoms with E-state index in [-0.39, 0.29) is 5.75 Å². The van der Waals surface area contributed by atoms with Crippen molar-refractivity contribution in [3.05, 3.63) is 22.7 Å². The quantitative estimate of drug-likeness (QED) is 0.808. The van der Waals surface area contributed by atoms with E-state index in [1.807, 2.05) is 0 Å². The number of phenols is 1. The molecule has 0 aliphatic rings. The van der Waals surface area contributed by atoms with Crippen LogP contribution in [0, 0.1) is 0 Å². The van der Waals surface area contributed by atoms with E-state index in [0.29, 0.717) is 5.75 Å². The maximum atomic E-state index is 9.08. The molecule has 0 saturated carbocycles. The Kier molecular flexibility index (Phi) is 2.79. The Bertz CT molecular complexity index is 239. The molecule has 0 saturated heterocycles. The number of halogens is 2. The molecule has 0 aliphatic heterocycles. The second-order valence-electron chi connectivity index (χ2n) is 1.69. The van der Waals surface area contributed by atoms with Crippen molar-refractivity contribution < 1.29 is 8.17 Å². The average Bonchev–Trinajstić information content (AvgIpc) is 1.94. The van der Waals surface area contributed by atoms with Crippen LogP contribution in [0.1, 0.15) is 0 Å². The van der Waals surface area contributed by atoms with E-state index in [4.69, 9.17) is 8.17 Å². The number of phenolic OH excluding ortho intramolecular Hbond substituents is 1. The highest BCUT2D eigenvalue weighted by Gasteiger charge is 1.99. The molecule has 2 nitrogen and oxygen atoms in total. The van der Waals surface area contributed by atoms with E-state index in [2.05, 4.69) is 15.9 Å². The van der Waals surface area contributed by atoms with Crippen molar-refractivity contribution in [2.75, 3.05) is 0 Å². The highest BCUT2D eigenvalue weighted by Crippen LogP contribution is 2.30. The van der Waals surface area contributed by atoms with E-state index in [1.165, 1.54) is 0 Å². The maximum Gasteiger partial charge on any atom is 0.192 e. The summed E-state index contributed by atoms with van der Waals surface area (Å²) in [5, 5.41) is 9.08. The minimum atomic E-state index is 0.151. The number of aromatic hydroxyl groups is 1. The Morgan fingerprint density at radius 1 is 1.50 bits per heavy atom. The van der Waals surface area contributed by atoms with Gasteiger partial charge in [-0.05, 0) is 18.2 Å². The third-order valence-corrected chi connectivity index (χ3v) is 1.97. The summed E-state index contributed by atoms with van der Waals surface area (Å²) < 4.78 is 5.70. The Labute approximate surface area is 81.0 Å². The summed E-state index contributed by atoms with van der Waals surface area (Å²) >= 11 is 4.96. The van der Waals surface area contributed by atoms with Crippen LogP contribution in [-0.4, -0.2) is 5.11 Å². The molecule has 0 unspecified atom stereocenters. The summed E-state index contributed by atoms with van der Waals surface area (Å²) in [4.78, 5) is 0. The predicted octanol–water partition coefficient (Wildman–Crippen LogP) is 2.88. The largest absolute Gasteiger partial charge is 0.504 e. The molecule has 1 aromatic carbocycles. The molecule has 0 fully saturated rings. The minimum Gasteiger partial charge on any atom is -0.504 e. The molecule has 0 heterocycles.